The number of nitrogens with one attached hydrogen (secondary N) is 2. The highest BCUT2D eigenvalue weighted by Gasteiger charge is 2.21. The van der Waals surface area contributed by atoms with Gasteiger partial charge in [-0.25, -0.2) is 9.97 Å². The molecule has 4 aromatic rings. The third-order valence-corrected chi connectivity index (χ3v) is 5.02. The average Bonchev–Trinajstić information content (AvgIpc) is 3.17. The van der Waals surface area contributed by atoms with E-state index in [4.69, 9.17) is 0 Å². The van der Waals surface area contributed by atoms with E-state index in [0.717, 1.165) is 22.3 Å². The molecular weight excluding hydrogens is 388 g/mol. The summed E-state index contributed by atoms with van der Waals surface area (Å²) in [6, 6.07) is 17.8. The molecule has 0 aliphatic rings. The number of imidazole rings is 1. The lowest BCUT2D eigenvalue weighted by molar-refractivity contribution is -0.123. The van der Waals surface area contributed by atoms with E-state index in [1.165, 1.54) is 0 Å². The lowest BCUT2D eigenvalue weighted by Gasteiger charge is -2.17. The van der Waals surface area contributed by atoms with Crippen molar-refractivity contribution in [3.63, 3.8) is 0 Å². The highest BCUT2D eigenvalue weighted by atomic mass is 16.2. The van der Waals surface area contributed by atoms with Crippen molar-refractivity contribution >= 4 is 28.6 Å². The normalized spacial score (nSPS) is 12.5. The molecule has 0 radical (unpaired) electrons. The largest absolute Gasteiger partial charge is 0.348 e. The smallest absolute Gasteiger partial charge is 0.229 e. The summed E-state index contributed by atoms with van der Waals surface area (Å²) in [5.41, 5.74) is 3.09. The van der Waals surface area contributed by atoms with E-state index in [0.29, 0.717) is 11.8 Å². The number of amides is 1. The summed E-state index contributed by atoms with van der Waals surface area (Å²) in [4.78, 5) is 25.8. The van der Waals surface area contributed by atoms with Crippen molar-refractivity contribution in [1.82, 2.24) is 19.5 Å². The number of nitrogens with zero attached hydrogens (tertiary/aromatic N) is 4. The molecule has 2 N–H and O–H groups in total. The van der Waals surface area contributed by atoms with E-state index in [-0.39, 0.29) is 11.9 Å². The molecule has 2 aromatic heterocycles. The lowest BCUT2D eigenvalue weighted by Crippen LogP contribution is -2.27. The molecule has 0 spiro atoms. The van der Waals surface area contributed by atoms with Gasteiger partial charge in [0, 0.05) is 17.3 Å². The van der Waals surface area contributed by atoms with Crippen LogP contribution < -0.4 is 10.6 Å². The van der Waals surface area contributed by atoms with Crippen LogP contribution in [0.3, 0.4) is 0 Å². The predicted octanol–water partition coefficient (Wildman–Crippen LogP) is 4.97. The fourth-order valence-electron chi connectivity index (χ4n) is 3.16. The first-order valence-electron chi connectivity index (χ1n) is 10.2. The minimum atomic E-state index is -0.463. The van der Waals surface area contributed by atoms with Gasteiger partial charge < -0.3 is 10.6 Å². The Hall–Kier alpha value is -3.74. The summed E-state index contributed by atoms with van der Waals surface area (Å²) in [7, 11) is 0. The minimum absolute atomic E-state index is 0.0367. The molecule has 7 heteroatoms. The van der Waals surface area contributed by atoms with Crippen molar-refractivity contribution in [2.75, 3.05) is 10.6 Å². The van der Waals surface area contributed by atoms with Gasteiger partial charge in [0.2, 0.25) is 11.9 Å². The Kier molecular flexibility index (Phi) is 5.42. The van der Waals surface area contributed by atoms with Crippen LogP contribution in [-0.2, 0) is 4.79 Å². The molecule has 31 heavy (non-hydrogen) atoms. The number of carbonyl (C=O) groups excluding carboxylic acids is 1. The molecular formula is C24H26N6O. The van der Waals surface area contributed by atoms with Crippen LogP contribution in [0.2, 0.25) is 0 Å². The number of aromatic nitrogens is 4. The summed E-state index contributed by atoms with van der Waals surface area (Å²) in [5, 5.41) is 6.30. The molecule has 158 valence electrons. The molecule has 0 saturated heterocycles. The van der Waals surface area contributed by atoms with Crippen molar-refractivity contribution in [2.45, 2.75) is 33.7 Å². The Morgan fingerprint density at radius 2 is 1.81 bits per heavy atom. The highest BCUT2D eigenvalue weighted by Crippen LogP contribution is 2.24. The molecule has 0 saturated carbocycles. The maximum absolute atomic E-state index is 12.3. The number of benzene rings is 2. The zero-order chi connectivity index (χ0) is 22.0. The lowest BCUT2D eigenvalue weighted by atomic mass is 9.95. The summed E-state index contributed by atoms with van der Waals surface area (Å²) in [6.45, 7) is 7.73. The van der Waals surface area contributed by atoms with Gasteiger partial charge in [-0.2, -0.15) is 4.98 Å². The Labute approximate surface area is 181 Å². The fourth-order valence-corrected chi connectivity index (χ4v) is 3.16. The number of carbonyl (C=O) groups is 1. The molecule has 0 bridgehead atoms. The molecule has 1 amide bonds. The Morgan fingerprint density at radius 3 is 2.55 bits per heavy atom. The van der Waals surface area contributed by atoms with Crippen molar-refractivity contribution < 1.29 is 4.79 Å². The number of hydrogen-bond acceptors (Lipinski definition) is 5. The van der Waals surface area contributed by atoms with E-state index >= 15 is 0 Å². The molecule has 2 heterocycles. The van der Waals surface area contributed by atoms with E-state index < -0.39 is 5.41 Å². The molecule has 0 fully saturated rings. The van der Waals surface area contributed by atoms with E-state index in [9.17, 15) is 4.79 Å². The second-order valence-corrected chi connectivity index (χ2v) is 8.54. The van der Waals surface area contributed by atoms with Crippen molar-refractivity contribution in [1.29, 1.82) is 0 Å². The van der Waals surface area contributed by atoms with Crippen LogP contribution >= 0.6 is 0 Å². The van der Waals surface area contributed by atoms with Gasteiger partial charge in [-0.15, -0.1) is 0 Å². The van der Waals surface area contributed by atoms with Crippen LogP contribution in [0.5, 0.6) is 0 Å². The topological polar surface area (TPSA) is 84.7 Å². The fraction of sp³-hybridized carbons (Fsp3) is 0.250. The van der Waals surface area contributed by atoms with Crippen molar-refractivity contribution in [2.24, 2.45) is 5.41 Å². The highest BCUT2D eigenvalue weighted by molar-refractivity contribution is 5.96. The Bertz CT molecular complexity index is 1210. The van der Waals surface area contributed by atoms with Crippen molar-refractivity contribution in [3.8, 4) is 5.82 Å². The molecule has 0 aliphatic heterocycles. The van der Waals surface area contributed by atoms with E-state index in [1.807, 2.05) is 67.8 Å². The Balaban J connectivity index is 1.58. The Morgan fingerprint density at radius 1 is 1.03 bits per heavy atom. The predicted molar refractivity (Wildman–Crippen MR) is 123 cm³/mol. The minimum Gasteiger partial charge on any atom is -0.348 e. The standard InChI is InChI=1S/C24H26N6O/c1-16(17-8-6-5-7-9-17)27-23-25-13-12-21(29-23)30-15-26-19-14-18(10-11-20(19)30)28-22(31)24(2,3)4/h5-16H,1-4H3,(H,28,31)(H,25,27,29)/t16-/m0/s1. The second kappa shape index (κ2) is 8.18. The maximum atomic E-state index is 12.3. The van der Waals surface area contributed by atoms with E-state index in [2.05, 4.69) is 44.6 Å². The summed E-state index contributed by atoms with van der Waals surface area (Å²) in [5.74, 6) is 1.22. The van der Waals surface area contributed by atoms with Crippen LogP contribution in [-0.4, -0.2) is 25.4 Å². The number of hydrogen-bond donors (Lipinski definition) is 2. The van der Waals surface area contributed by atoms with Gasteiger partial charge in [0.05, 0.1) is 17.1 Å². The molecule has 4 rings (SSSR count). The third kappa shape index (κ3) is 4.55. The number of fused-ring (bicyclic) bond motifs is 1. The maximum Gasteiger partial charge on any atom is 0.229 e. The van der Waals surface area contributed by atoms with Gasteiger partial charge in [-0.05, 0) is 36.8 Å². The van der Waals surface area contributed by atoms with Gasteiger partial charge in [-0.1, -0.05) is 51.1 Å². The second-order valence-electron chi connectivity index (χ2n) is 8.54. The first-order valence-corrected chi connectivity index (χ1v) is 10.2. The first kappa shape index (κ1) is 20.5. The van der Waals surface area contributed by atoms with Gasteiger partial charge in [0.1, 0.15) is 12.1 Å². The molecule has 0 aliphatic carbocycles. The van der Waals surface area contributed by atoms with Gasteiger partial charge in [0.15, 0.2) is 0 Å². The van der Waals surface area contributed by atoms with Crippen LogP contribution in [0.4, 0.5) is 11.6 Å². The van der Waals surface area contributed by atoms with E-state index in [1.54, 1.807) is 12.5 Å². The molecule has 0 unspecified atom stereocenters. The third-order valence-electron chi connectivity index (χ3n) is 5.02. The van der Waals surface area contributed by atoms with Crippen LogP contribution in [0.1, 0.15) is 39.3 Å². The molecule has 7 nitrogen and oxygen atoms in total. The quantitative estimate of drug-likeness (QED) is 0.481. The van der Waals surface area contributed by atoms with Crippen molar-refractivity contribution in [3.05, 3.63) is 72.7 Å². The monoisotopic (exact) mass is 414 g/mol. The summed E-state index contributed by atoms with van der Waals surface area (Å²) in [6.07, 6.45) is 3.46. The first-order chi connectivity index (χ1) is 14.8. The number of anilines is 2. The van der Waals surface area contributed by atoms with Gasteiger partial charge in [0.25, 0.3) is 0 Å². The van der Waals surface area contributed by atoms with Gasteiger partial charge in [-0.3, -0.25) is 9.36 Å². The van der Waals surface area contributed by atoms with Crippen LogP contribution in [0, 0.1) is 5.41 Å². The summed E-state index contributed by atoms with van der Waals surface area (Å²) < 4.78 is 1.91. The molecule has 1 atom stereocenters. The van der Waals surface area contributed by atoms with Gasteiger partial charge >= 0.3 is 0 Å². The molecule has 2 aromatic carbocycles. The number of rotatable bonds is 5. The zero-order valence-corrected chi connectivity index (χ0v) is 18.1. The SMILES string of the molecule is C[C@H](Nc1nccc(-n2cnc3cc(NC(=O)C(C)(C)C)ccc32)n1)c1ccccc1. The van der Waals surface area contributed by atoms with Crippen LogP contribution in [0.25, 0.3) is 16.9 Å². The van der Waals surface area contributed by atoms with Crippen LogP contribution in [0.15, 0.2) is 67.1 Å². The zero-order valence-electron chi connectivity index (χ0n) is 18.1. The average molecular weight is 415 g/mol. The summed E-state index contributed by atoms with van der Waals surface area (Å²) >= 11 is 0.